The summed E-state index contributed by atoms with van der Waals surface area (Å²) >= 11 is 1.61. The molecule has 26 heavy (non-hydrogen) atoms. The molecule has 1 aliphatic heterocycles. The van der Waals surface area contributed by atoms with Crippen LogP contribution in [0.3, 0.4) is 0 Å². The van der Waals surface area contributed by atoms with Gasteiger partial charge in [-0.25, -0.2) is 0 Å². The first-order valence-electron chi connectivity index (χ1n) is 9.06. The van der Waals surface area contributed by atoms with E-state index in [4.69, 9.17) is 0 Å². The van der Waals surface area contributed by atoms with Crippen LogP contribution in [0.15, 0.2) is 30.3 Å². The minimum absolute atomic E-state index is 0.0718. The summed E-state index contributed by atoms with van der Waals surface area (Å²) in [5.41, 5.74) is 2.26. The molecule has 0 aliphatic carbocycles. The van der Waals surface area contributed by atoms with Crippen molar-refractivity contribution in [2.24, 2.45) is 5.92 Å². The standard InChI is InChI=1S/C19H23N5OS/c1-12(2)11-24-9-3-4-16(24)17-7-8-18(26-17)19(25)20-13-5-6-14-15(10-13)22-23-21-14/h5-8,10,12,16H,3-4,9,11H2,1-2H3,(H,20,25)(H,21,22,23). The van der Waals surface area contributed by atoms with Gasteiger partial charge in [0, 0.05) is 23.2 Å². The summed E-state index contributed by atoms with van der Waals surface area (Å²) in [5, 5.41) is 13.6. The van der Waals surface area contributed by atoms with Crippen molar-refractivity contribution in [2.75, 3.05) is 18.4 Å². The lowest BCUT2D eigenvalue weighted by Gasteiger charge is -2.25. The highest BCUT2D eigenvalue weighted by atomic mass is 32.1. The van der Waals surface area contributed by atoms with Crippen LogP contribution in [0, 0.1) is 5.92 Å². The Hall–Kier alpha value is -2.25. The van der Waals surface area contributed by atoms with Gasteiger partial charge >= 0.3 is 0 Å². The van der Waals surface area contributed by atoms with Gasteiger partial charge in [-0.2, -0.15) is 15.4 Å². The molecular formula is C19H23N5OS. The Morgan fingerprint density at radius 1 is 1.31 bits per heavy atom. The molecule has 7 heteroatoms. The minimum Gasteiger partial charge on any atom is -0.321 e. The molecule has 6 nitrogen and oxygen atoms in total. The number of anilines is 1. The Morgan fingerprint density at radius 2 is 2.15 bits per heavy atom. The zero-order chi connectivity index (χ0) is 18.1. The third kappa shape index (κ3) is 3.50. The number of carbonyl (C=O) groups is 1. The van der Waals surface area contributed by atoms with Gasteiger partial charge in [-0.05, 0) is 55.6 Å². The van der Waals surface area contributed by atoms with Gasteiger partial charge < -0.3 is 5.32 Å². The highest BCUT2D eigenvalue weighted by molar-refractivity contribution is 7.14. The number of rotatable bonds is 5. The zero-order valence-corrected chi connectivity index (χ0v) is 15.8. The molecule has 1 atom stereocenters. The number of likely N-dealkylation sites (tertiary alicyclic amines) is 1. The van der Waals surface area contributed by atoms with E-state index in [2.05, 4.69) is 45.5 Å². The minimum atomic E-state index is -0.0718. The molecule has 0 saturated carbocycles. The van der Waals surface area contributed by atoms with Crippen molar-refractivity contribution in [1.82, 2.24) is 20.3 Å². The second kappa shape index (κ2) is 7.17. The molecule has 1 amide bonds. The fraction of sp³-hybridized carbons (Fsp3) is 0.421. The first-order chi connectivity index (χ1) is 12.6. The Morgan fingerprint density at radius 3 is 3.00 bits per heavy atom. The molecule has 2 aromatic heterocycles. The van der Waals surface area contributed by atoms with Gasteiger partial charge in [0.2, 0.25) is 0 Å². The van der Waals surface area contributed by atoms with E-state index >= 15 is 0 Å². The average molecular weight is 369 g/mol. The number of benzene rings is 1. The van der Waals surface area contributed by atoms with Crippen molar-refractivity contribution >= 4 is 34.0 Å². The van der Waals surface area contributed by atoms with Gasteiger partial charge in [0.25, 0.3) is 5.91 Å². The van der Waals surface area contributed by atoms with Crippen LogP contribution >= 0.6 is 11.3 Å². The molecule has 1 unspecified atom stereocenters. The van der Waals surface area contributed by atoms with E-state index in [0.29, 0.717) is 12.0 Å². The van der Waals surface area contributed by atoms with Crippen LogP contribution in [0.2, 0.25) is 0 Å². The lowest BCUT2D eigenvalue weighted by molar-refractivity contribution is 0.103. The van der Waals surface area contributed by atoms with Crippen LogP contribution in [-0.4, -0.2) is 39.3 Å². The summed E-state index contributed by atoms with van der Waals surface area (Å²) in [5.74, 6) is 0.585. The maximum Gasteiger partial charge on any atom is 0.265 e. The first kappa shape index (κ1) is 17.2. The molecule has 1 fully saturated rings. The summed E-state index contributed by atoms with van der Waals surface area (Å²) in [6.07, 6.45) is 2.41. The number of hydrogen-bond acceptors (Lipinski definition) is 5. The van der Waals surface area contributed by atoms with E-state index in [9.17, 15) is 4.79 Å². The molecule has 136 valence electrons. The number of H-pyrrole nitrogens is 1. The SMILES string of the molecule is CC(C)CN1CCCC1c1ccc(C(=O)Nc2ccc3n[nH]nc3c2)s1. The monoisotopic (exact) mass is 369 g/mol. The Labute approximate surface area is 156 Å². The summed E-state index contributed by atoms with van der Waals surface area (Å²) in [6, 6.07) is 10.0. The zero-order valence-electron chi connectivity index (χ0n) is 15.0. The first-order valence-corrected chi connectivity index (χ1v) is 9.87. The smallest absolute Gasteiger partial charge is 0.265 e. The molecule has 1 aliphatic rings. The summed E-state index contributed by atoms with van der Waals surface area (Å²) in [6.45, 7) is 6.78. The number of nitrogens with zero attached hydrogens (tertiary/aromatic N) is 3. The number of nitrogens with one attached hydrogen (secondary N) is 2. The fourth-order valence-corrected chi connectivity index (χ4v) is 4.67. The number of aromatic nitrogens is 3. The van der Waals surface area contributed by atoms with Crippen LogP contribution < -0.4 is 5.32 Å². The Kier molecular flexibility index (Phi) is 4.74. The number of aromatic amines is 1. The van der Waals surface area contributed by atoms with Crippen LogP contribution in [0.25, 0.3) is 11.0 Å². The molecule has 3 heterocycles. The molecule has 1 aromatic carbocycles. The van der Waals surface area contributed by atoms with Crippen LogP contribution in [0.1, 0.15) is 47.3 Å². The van der Waals surface area contributed by atoms with Gasteiger partial charge in [0.1, 0.15) is 11.0 Å². The Bertz CT molecular complexity index is 915. The maximum absolute atomic E-state index is 12.6. The molecular weight excluding hydrogens is 346 g/mol. The van der Waals surface area contributed by atoms with E-state index in [1.54, 1.807) is 11.3 Å². The quantitative estimate of drug-likeness (QED) is 0.711. The molecule has 0 radical (unpaired) electrons. The van der Waals surface area contributed by atoms with Gasteiger partial charge in [0.15, 0.2) is 0 Å². The van der Waals surface area contributed by atoms with Gasteiger partial charge in [-0.15, -0.1) is 11.3 Å². The van der Waals surface area contributed by atoms with Gasteiger partial charge in [0.05, 0.1) is 4.88 Å². The largest absolute Gasteiger partial charge is 0.321 e. The summed E-state index contributed by atoms with van der Waals surface area (Å²) in [7, 11) is 0. The van der Waals surface area contributed by atoms with Crippen molar-refractivity contribution in [3.8, 4) is 0 Å². The Balaban J connectivity index is 1.47. The molecule has 1 saturated heterocycles. The lowest BCUT2D eigenvalue weighted by atomic mass is 10.1. The predicted molar refractivity (Wildman–Crippen MR) is 105 cm³/mol. The van der Waals surface area contributed by atoms with E-state index in [1.165, 1.54) is 17.7 Å². The second-order valence-electron chi connectivity index (χ2n) is 7.23. The van der Waals surface area contributed by atoms with E-state index < -0.39 is 0 Å². The van der Waals surface area contributed by atoms with Crippen molar-refractivity contribution < 1.29 is 4.79 Å². The van der Waals surface area contributed by atoms with E-state index in [1.807, 2.05) is 24.3 Å². The third-order valence-electron chi connectivity index (χ3n) is 4.72. The molecule has 2 N–H and O–H groups in total. The average Bonchev–Trinajstić information content (AvgIpc) is 3.33. The third-order valence-corrected chi connectivity index (χ3v) is 5.90. The van der Waals surface area contributed by atoms with Crippen molar-refractivity contribution in [2.45, 2.75) is 32.7 Å². The van der Waals surface area contributed by atoms with Crippen LogP contribution in [0.5, 0.6) is 0 Å². The topological polar surface area (TPSA) is 73.9 Å². The predicted octanol–water partition coefficient (Wildman–Crippen LogP) is 4.06. The second-order valence-corrected chi connectivity index (χ2v) is 8.35. The van der Waals surface area contributed by atoms with Crippen LogP contribution in [0.4, 0.5) is 5.69 Å². The van der Waals surface area contributed by atoms with Gasteiger partial charge in [-0.1, -0.05) is 13.8 Å². The molecule has 3 aromatic rings. The van der Waals surface area contributed by atoms with E-state index in [0.717, 1.165) is 34.7 Å². The van der Waals surface area contributed by atoms with Crippen molar-refractivity contribution in [1.29, 1.82) is 0 Å². The molecule has 0 spiro atoms. The van der Waals surface area contributed by atoms with Crippen molar-refractivity contribution in [3.05, 3.63) is 40.1 Å². The normalized spacial score (nSPS) is 18.0. The summed E-state index contributed by atoms with van der Waals surface area (Å²) < 4.78 is 0. The number of thiophene rings is 1. The maximum atomic E-state index is 12.6. The molecule has 4 rings (SSSR count). The molecule has 0 bridgehead atoms. The van der Waals surface area contributed by atoms with E-state index in [-0.39, 0.29) is 5.91 Å². The number of carbonyl (C=O) groups excluding carboxylic acids is 1. The van der Waals surface area contributed by atoms with Gasteiger partial charge in [-0.3, -0.25) is 9.69 Å². The van der Waals surface area contributed by atoms with Crippen molar-refractivity contribution in [3.63, 3.8) is 0 Å². The van der Waals surface area contributed by atoms with Crippen LogP contribution in [-0.2, 0) is 0 Å². The number of hydrogen-bond donors (Lipinski definition) is 2. The lowest BCUT2D eigenvalue weighted by Crippen LogP contribution is -2.26. The highest BCUT2D eigenvalue weighted by Crippen LogP contribution is 2.36. The fourth-order valence-electron chi connectivity index (χ4n) is 3.60. The number of fused-ring (bicyclic) bond motifs is 1. The number of amides is 1. The highest BCUT2D eigenvalue weighted by Gasteiger charge is 2.28. The summed E-state index contributed by atoms with van der Waals surface area (Å²) in [4.78, 5) is 17.2.